The summed E-state index contributed by atoms with van der Waals surface area (Å²) in [7, 11) is 0. The molecule has 0 radical (unpaired) electrons. The van der Waals surface area contributed by atoms with Gasteiger partial charge in [-0.25, -0.2) is 0 Å². The minimum absolute atomic E-state index is 0.446. The molecule has 0 bridgehead atoms. The fourth-order valence-electron chi connectivity index (χ4n) is 2.88. The van der Waals surface area contributed by atoms with Gasteiger partial charge in [0.15, 0.2) is 5.82 Å². The minimum Gasteiger partial charge on any atom is -0.390 e. The normalized spacial score (nSPS) is 23.7. The summed E-state index contributed by atoms with van der Waals surface area (Å²) in [6.45, 7) is 4.33. The topological polar surface area (TPSA) is 64.9 Å². The number of aryl methyl sites for hydroxylation is 1. The van der Waals surface area contributed by atoms with Crippen LogP contribution in [0, 0.1) is 12.8 Å². The minimum atomic E-state index is 0.446. The maximum Gasteiger partial charge on any atom is 0.260 e. The highest BCUT2D eigenvalue weighted by Gasteiger charge is 2.25. The Morgan fingerprint density at radius 3 is 2.95 bits per heavy atom. The molecule has 1 fully saturated rings. The van der Waals surface area contributed by atoms with Gasteiger partial charge in [-0.05, 0) is 31.7 Å². The molecule has 0 spiro atoms. The standard InChI is InChI=1S/C14H19N3OS/c1-8-4-3-5-10(6-8)13-16-14(18-17-13)11-7-9(2)19-12(11)15/h7-8,10H,3-6,15H2,1-2H3. The second-order valence-electron chi connectivity index (χ2n) is 5.56. The largest absolute Gasteiger partial charge is 0.390 e. The number of nitrogen functional groups attached to an aromatic ring is 1. The Labute approximate surface area is 117 Å². The van der Waals surface area contributed by atoms with Gasteiger partial charge in [-0.2, -0.15) is 4.98 Å². The number of nitrogens with two attached hydrogens (primary N) is 1. The Bertz CT molecular complexity index is 575. The van der Waals surface area contributed by atoms with Gasteiger partial charge < -0.3 is 10.3 Å². The summed E-state index contributed by atoms with van der Waals surface area (Å²) < 4.78 is 5.40. The molecule has 2 heterocycles. The van der Waals surface area contributed by atoms with Crippen molar-refractivity contribution in [2.24, 2.45) is 5.92 Å². The summed E-state index contributed by atoms with van der Waals surface area (Å²) >= 11 is 1.56. The summed E-state index contributed by atoms with van der Waals surface area (Å²) in [6, 6.07) is 2.01. The van der Waals surface area contributed by atoms with E-state index in [1.165, 1.54) is 24.1 Å². The van der Waals surface area contributed by atoms with Crippen LogP contribution in [0.3, 0.4) is 0 Å². The van der Waals surface area contributed by atoms with Gasteiger partial charge in [0.2, 0.25) is 0 Å². The van der Waals surface area contributed by atoms with Crippen LogP contribution >= 0.6 is 11.3 Å². The van der Waals surface area contributed by atoms with E-state index >= 15 is 0 Å². The Balaban J connectivity index is 1.85. The number of hydrogen-bond donors (Lipinski definition) is 1. The van der Waals surface area contributed by atoms with Crippen LogP contribution in [0.1, 0.15) is 49.2 Å². The number of hydrogen-bond acceptors (Lipinski definition) is 5. The number of anilines is 1. The summed E-state index contributed by atoms with van der Waals surface area (Å²) in [5.74, 6) is 2.62. The van der Waals surface area contributed by atoms with Crippen molar-refractivity contribution in [3.8, 4) is 11.5 Å². The molecule has 2 N–H and O–H groups in total. The number of thiophene rings is 1. The molecule has 0 aliphatic heterocycles. The number of nitrogens with zero attached hydrogens (tertiary/aromatic N) is 2. The second kappa shape index (κ2) is 4.96. The molecule has 2 atom stereocenters. The third-order valence-corrected chi connectivity index (χ3v) is 4.74. The van der Waals surface area contributed by atoms with Crippen molar-refractivity contribution >= 4 is 16.3 Å². The zero-order valence-electron chi connectivity index (χ0n) is 11.3. The third kappa shape index (κ3) is 2.52. The molecule has 102 valence electrons. The van der Waals surface area contributed by atoms with Crippen LogP contribution in [-0.2, 0) is 0 Å². The lowest BCUT2D eigenvalue weighted by molar-refractivity contribution is 0.324. The fourth-order valence-corrected chi connectivity index (χ4v) is 3.66. The molecule has 3 rings (SSSR count). The van der Waals surface area contributed by atoms with Crippen LogP contribution in [0.4, 0.5) is 5.00 Å². The van der Waals surface area contributed by atoms with Crippen LogP contribution < -0.4 is 5.73 Å². The first-order chi connectivity index (χ1) is 9.13. The number of rotatable bonds is 2. The molecule has 1 aliphatic rings. The van der Waals surface area contributed by atoms with E-state index in [1.807, 2.05) is 13.0 Å². The zero-order chi connectivity index (χ0) is 13.4. The molecular formula is C14H19N3OS. The van der Waals surface area contributed by atoms with Crippen molar-refractivity contribution in [1.82, 2.24) is 10.1 Å². The van der Waals surface area contributed by atoms with Crippen molar-refractivity contribution < 1.29 is 4.52 Å². The highest BCUT2D eigenvalue weighted by atomic mass is 32.1. The van der Waals surface area contributed by atoms with E-state index in [9.17, 15) is 0 Å². The summed E-state index contributed by atoms with van der Waals surface area (Å²) in [5, 5.41) is 4.92. The molecule has 0 amide bonds. The van der Waals surface area contributed by atoms with Crippen LogP contribution in [0.5, 0.6) is 0 Å². The SMILES string of the molecule is Cc1cc(-c2nc(C3CCCC(C)C3)no2)c(N)s1. The van der Waals surface area contributed by atoms with E-state index in [2.05, 4.69) is 17.1 Å². The predicted molar refractivity (Wildman–Crippen MR) is 77.1 cm³/mol. The Hall–Kier alpha value is -1.36. The fraction of sp³-hybridized carbons (Fsp3) is 0.571. The summed E-state index contributed by atoms with van der Waals surface area (Å²) in [6.07, 6.45) is 4.91. The molecule has 2 aromatic heterocycles. The predicted octanol–water partition coefficient (Wildman–Crippen LogP) is 3.98. The van der Waals surface area contributed by atoms with Crippen LogP contribution in [0.25, 0.3) is 11.5 Å². The first kappa shape index (κ1) is 12.7. The Kier molecular flexibility index (Phi) is 3.31. The number of aromatic nitrogens is 2. The summed E-state index contributed by atoms with van der Waals surface area (Å²) in [5.41, 5.74) is 6.85. The molecule has 1 aliphatic carbocycles. The second-order valence-corrected chi connectivity index (χ2v) is 6.85. The molecular weight excluding hydrogens is 258 g/mol. The van der Waals surface area contributed by atoms with Gasteiger partial charge in [-0.1, -0.05) is 24.9 Å². The maximum atomic E-state index is 5.97. The van der Waals surface area contributed by atoms with E-state index in [0.717, 1.165) is 28.7 Å². The van der Waals surface area contributed by atoms with Crippen molar-refractivity contribution in [3.05, 3.63) is 16.8 Å². The van der Waals surface area contributed by atoms with Crippen molar-refractivity contribution in [3.63, 3.8) is 0 Å². The van der Waals surface area contributed by atoms with E-state index in [-0.39, 0.29) is 0 Å². The molecule has 19 heavy (non-hydrogen) atoms. The lowest BCUT2D eigenvalue weighted by Crippen LogP contribution is -2.12. The monoisotopic (exact) mass is 277 g/mol. The lowest BCUT2D eigenvalue weighted by Gasteiger charge is -2.23. The van der Waals surface area contributed by atoms with Crippen LogP contribution in [-0.4, -0.2) is 10.1 Å². The quantitative estimate of drug-likeness (QED) is 0.901. The third-order valence-electron chi connectivity index (χ3n) is 3.86. The molecule has 0 aromatic carbocycles. The lowest BCUT2D eigenvalue weighted by atomic mass is 9.82. The first-order valence-corrected chi connectivity index (χ1v) is 7.65. The van der Waals surface area contributed by atoms with Gasteiger partial charge in [-0.15, -0.1) is 11.3 Å². The average Bonchev–Trinajstić information content (AvgIpc) is 2.96. The van der Waals surface area contributed by atoms with Gasteiger partial charge in [-0.3, -0.25) is 0 Å². The van der Waals surface area contributed by atoms with E-state index in [0.29, 0.717) is 11.8 Å². The zero-order valence-corrected chi connectivity index (χ0v) is 12.2. The van der Waals surface area contributed by atoms with E-state index in [4.69, 9.17) is 10.3 Å². The molecule has 5 heteroatoms. The van der Waals surface area contributed by atoms with Crippen LogP contribution in [0.15, 0.2) is 10.6 Å². The highest BCUT2D eigenvalue weighted by Crippen LogP contribution is 2.37. The maximum absolute atomic E-state index is 5.97. The highest BCUT2D eigenvalue weighted by molar-refractivity contribution is 7.16. The van der Waals surface area contributed by atoms with Crippen molar-refractivity contribution in [2.45, 2.75) is 45.4 Å². The van der Waals surface area contributed by atoms with Gasteiger partial charge in [0.1, 0.15) is 0 Å². The smallest absolute Gasteiger partial charge is 0.260 e. The molecule has 0 saturated heterocycles. The molecule has 2 unspecified atom stereocenters. The van der Waals surface area contributed by atoms with Crippen LogP contribution in [0.2, 0.25) is 0 Å². The Morgan fingerprint density at radius 1 is 1.42 bits per heavy atom. The van der Waals surface area contributed by atoms with E-state index in [1.54, 1.807) is 11.3 Å². The van der Waals surface area contributed by atoms with Gasteiger partial charge in [0.05, 0.1) is 10.6 Å². The first-order valence-electron chi connectivity index (χ1n) is 6.83. The molecule has 1 saturated carbocycles. The molecule has 4 nitrogen and oxygen atoms in total. The molecule has 2 aromatic rings. The Morgan fingerprint density at radius 2 is 2.26 bits per heavy atom. The van der Waals surface area contributed by atoms with E-state index < -0.39 is 0 Å². The van der Waals surface area contributed by atoms with Gasteiger partial charge >= 0.3 is 0 Å². The van der Waals surface area contributed by atoms with Gasteiger partial charge in [0.25, 0.3) is 5.89 Å². The van der Waals surface area contributed by atoms with Crippen molar-refractivity contribution in [1.29, 1.82) is 0 Å². The van der Waals surface area contributed by atoms with Crippen molar-refractivity contribution in [2.75, 3.05) is 5.73 Å². The average molecular weight is 277 g/mol. The van der Waals surface area contributed by atoms with Gasteiger partial charge in [0, 0.05) is 10.8 Å². The summed E-state index contributed by atoms with van der Waals surface area (Å²) in [4.78, 5) is 5.73.